The predicted octanol–water partition coefficient (Wildman–Crippen LogP) is 2.87. The second-order valence-corrected chi connectivity index (χ2v) is 6.27. The van der Waals surface area contributed by atoms with Crippen molar-refractivity contribution in [2.75, 3.05) is 5.73 Å². The van der Waals surface area contributed by atoms with Crippen LogP contribution in [0.15, 0.2) is 5.38 Å². The Bertz CT molecular complexity index is 410. The Morgan fingerprint density at radius 1 is 1.56 bits per heavy atom. The standard InChI is InChI=1S/C12H21N3O2S/c1-8(2)15(11(16)17-12(3,4)5)6-9-7-18-10(13)14-9/h7-8H,6H2,1-5H3,(H2,13,14). The number of ether oxygens (including phenoxy) is 1. The summed E-state index contributed by atoms with van der Waals surface area (Å²) in [6.07, 6.45) is -0.330. The third-order valence-electron chi connectivity index (χ3n) is 2.15. The number of thiazole rings is 1. The molecular weight excluding hydrogens is 250 g/mol. The molecule has 1 rings (SSSR count). The second-order valence-electron chi connectivity index (χ2n) is 5.38. The molecule has 0 radical (unpaired) electrons. The first kappa shape index (κ1) is 14.8. The number of anilines is 1. The van der Waals surface area contributed by atoms with E-state index in [0.717, 1.165) is 5.69 Å². The minimum atomic E-state index is -0.495. The number of carbonyl (C=O) groups is 1. The molecule has 6 heteroatoms. The van der Waals surface area contributed by atoms with Gasteiger partial charge in [0, 0.05) is 11.4 Å². The molecule has 0 bridgehead atoms. The van der Waals surface area contributed by atoms with Gasteiger partial charge in [0.05, 0.1) is 12.2 Å². The molecule has 0 saturated carbocycles. The maximum atomic E-state index is 12.1. The van der Waals surface area contributed by atoms with E-state index in [-0.39, 0.29) is 12.1 Å². The number of amides is 1. The zero-order valence-electron chi connectivity index (χ0n) is 11.6. The van der Waals surface area contributed by atoms with Gasteiger partial charge >= 0.3 is 6.09 Å². The molecule has 0 aliphatic rings. The van der Waals surface area contributed by atoms with Gasteiger partial charge < -0.3 is 10.5 Å². The lowest BCUT2D eigenvalue weighted by Gasteiger charge is -2.29. The molecule has 102 valence electrons. The summed E-state index contributed by atoms with van der Waals surface area (Å²) in [4.78, 5) is 17.9. The molecule has 18 heavy (non-hydrogen) atoms. The molecule has 1 aromatic rings. The fraction of sp³-hybridized carbons (Fsp3) is 0.667. The zero-order valence-corrected chi connectivity index (χ0v) is 12.4. The summed E-state index contributed by atoms with van der Waals surface area (Å²) in [7, 11) is 0. The smallest absolute Gasteiger partial charge is 0.410 e. The molecule has 0 aromatic carbocycles. The first-order chi connectivity index (χ1) is 8.19. The van der Waals surface area contributed by atoms with E-state index in [1.165, 1.54) is 11.3 Å². The second kappa shape index (κ2) is 5.56. The molecule has 1 heterocycles. The van der Waals surface area contributed by atoms with Crippen LogP contribution in [0.5, 0.6) is 0 Å². The van der Waals surface area contributed by atoms with Crippen molar-refractivity contribution in [1.29, 1.82) is 0 Å². The van der Waals surface area contributed by atoms with E-state index < -0.39 is 5.60 Å². The average Bonchev–Trinajstić information content (AvgIpc) is 2.57. The molecule has 1 amide bonds. The van der Waals surface area contributed by atoms with Gasteiger partial charge in [-0.25, -0.2) is 9.78 Å². The summed E-state index contributed by atoms with van der Waals surface area (Å²) >= 11 is 1.37. The van der Waals surface area contributed by atoms with Crippen molar-refractivity contribution in [1.82, 2.24) is 9.88 Å². The van der Waals surface area contributed by atoms with Crippen LogP contribution in [0, 0.1) is 0 Å². The van der Waals surface area contributed by atoms with Gasteiger partial charge in [-0.2, -0.15) is 0 Å². The highest BCUT2D eigenvalue weighted by Gasteiger charge is 2.24. The van der Waals surface area contributed by atoms with Crippen LogP contribution in [-0.4, -0.2) is 27.6 Å². The van der Waals surface area contributed by atoms with E-state index in [4.69, 9.17) is 10.5 Å². The van der Waals surface area contributed by atoms with Gasteiger partial charge in [0.2, 0.25) is 0 Å². The molecule has 2 N–H and O–H groups in total. The number of hydrogen-bond acceptors (Lipinski definition) is 5. The van der Waals surface area contributed by atoms with Gasteiger partial charge in [-0.05, 0) is 34.6 Å². The maximum absolute atomic E-state index is 12.1. The van der Waals surface area contributed by atoms with Crippen molar-refractivity contribution in [3.63, 3.8) is 0 Å². The Balaban J connectivity index is 2.74. The molecule has 0 atom stereocenters. The van der Waals surface area contributed by atoms with E-state index in [0.29, 0.717) is 11.7 Å². The fourth-order valence-corrected chi connectivity index (χ4v) is 1.90. The molecule has 0 saturated heterocycles. The van der Waals surface area contributed by atoms with Gasteiger partial charge in [-0.1, -0.05) is 0 Å². The Morgan fingerprint density at radius 3 is 2.56 bits per heavy atom. The number of nitrogen functional groups attached to an aromatic ring is 1. The third kappa shape index (κ3) is 4.52. The maximum Gasteiger partial charge on any atom is 0.410 e. The molecule has 0 spiro atoms. The summed E-state index contributed by atoms with van der Waals surface area (Å²) in [5.74, 6) is 0. The van der Waals surface area contributed by atoms with Crippen molar-refractivity contribution in [3.05, 3.63) is 11.1 Å². The van der Waals surface area contributed by atoms with E-state index >= 15 is 0 Å². The van der Waals surface area contributed by atoms with Gasteiger partial charge in [0.1, 0.15) is 5.60 Å². The number of hydrogen-bond donors (Lipinski definition) is 1. The van der Waals surface area contributed by atoms with Gasteiger partial charge in [-0.3, -0.25) is 4.90 Å². The average molecular weight is 271 g/mol. The molecule has 0 aliphatic heterocycles. The SMILES string of the molecule is CC(C)N(Cc1csc(N)n1)C(=O)OC(C)(C)C. The lowest BCUT2D eigenvalue weighted by atomic mass is 10.2. The van der Waals surface area contributed by atoms with Gasteiger partial charge in [0.25, 0.3) is 0 Å². The molecule has 0 aliphatic carbocycles. The van der Waals surface area contributed by atoms with Crippen LogP contribution in [0.4, 0.5) is 9.93 Å². The molecule has 1 aromatic heterocycles. The molecule has 0 fully saturated rings. The molecule has 5 nitrogen and oxygen atoms in total. The number of nitrogens with two attached hydrogens (primary N) is 1. The lowest BCUT2D eigenvalue weighted by molar-refractivity contribution is 0.0169. The highest BCUT2D eigenvalue weighted by molar-refractivity contribution is 7.13. The minimum Gasteiger partial charge on any atom is -0.444 e. The van der Waals surface area contributed by atoms with Crippen LogP contribution in [-0.2, 0) is 11.3 Å². The summed E-state index contributed by atoms with van der Waals surface area (Å²) in [6, 6.07) is 0.0442. The van der Waals surface area contributed by atoms with E-state index in [1.807, 2.05) is 40.0 Å². The highest BCUT2D eigenvalue weighted by Crippen LogP contribution is 2.17. The summed E-state index contributed by atoms with van der Waals surface area (Å²) in [6.45, 7) is 9.86. The third-order valence-corrected chi connectivity index (χ3v) is 2.88. The highest BCUT2D eigenvalue weighted by atomic mass is 32.1. The van der Waals surface area contributed by atoms with Crippen LogP contribution in [0.1, 0.15) is 40.3 Å². The number of carbonyl (C=O) groups excluding carboxylic acids is 1. The van der Waals surface area contributed by atoms with Crippen molar-refractivity contribution in [2.24, 2.45) is 0 Å². The summed E-state index contributed by atoms with van der Waals surface area (Å²) < 4.78 is 5.37. The van der Waals surface area contributed by atoms with Crippen LogP contribution >= 0.6 is 11.3 Å². The van der Waals surface area contributed by atoms with E-state index in [1.54, 1.807) is 4.90 Å². The van der Waals surface area contributed by atoms with Crippen molar-refractivity contribution >= 4 is 22.6 Å². The number of aromatic nitrogens is 1. The molecule has 0 unspecified atom stereocenters. The van der Waals surface area contributed by atoms with Gasteiger partial charge in [0.15, 0.2) is 5.13 Å². The first-order valence-corrected chi connectivity index (χ1v) is 6.76. The quantitative estimate of drug-likeness (QED) is 0.917. The Kier molecular flexibility index (Phi) is 4.56. The zero-order chi connectivity index (χ0) is 13.9. The first-order valence-electron chi connectivity index (χ1n) is 5.88. The minimum absolute atomic E-state index is 0.0442. The van der Waals surface area contributed by atoms with Crippen molar-refractivity contribution < 1.29 is 9.53 Å². The largest absolute Gasteiger partial charge is 0.444 e. The van der Waals surface area contributed by atoms with Crippen LogP contribution in [0.2, 0.25) is 0 Å². The van der Waals surface area contributed by atoms with Crippen LogP contribution in [0.25, 0.3) is 0 Å². The normalized spacial score (nSPS) is 11.7. The Morgan fingerprint density at radius 2 is 2.17 bits per heavy atom. The van der Waals surface area contributed by atoms with E-state index in [2.05, 4.69) is 4.98 Å². The Labute approximate surface area is 112 Å². The van der Waals surface area contributed by atoms with Crippen molar-refractivity contribution in [2.45, 2.75) is 52.8 Å². The van der Waals surface area contributed by atoms with Gasteiger partial charge in [-0.15, -0.1) is 11.3 Å². The summed E-state index contributed by atoms with van der Waals surface area (Å²) in [5.41, 5.74) is 5.88. The van der Waals surface area contributed by atoms with Crippen molar-refractivity contribution in [3.8, 4) is 0 Å². The van der Waals surface area contributed by atoms with E-state index in [9.17, 15) is 4.79 Å². The van der Waals surface area contributed by atoms with Crippen LogP contribution in [0.3, 0.4) is 0 Å². The predicted molar refractivity (Wildman–Crippen MR) is 73.4 cm³/mol. The lowest BCUT2D eigenvalue weighted by Crippen LogP contribution is -2.40. The monoisotopic (exact) mass is 271 g/mol. The topological polar surface area (TPSA) is 68.5 Å². The number of rotatable bonds is 3. The number of nitrogens with zero attached hydrogens (tertiary/aromatic N) is 2. The summed E-state index contributed by atoms with van der Waals surface area (Å²) in [5, 5.41) is 2.37. The van der Waals surface area contributed by atoms with Crippen LogP contribution < -0.4 is 5.73 Å². The molecular formula is C12H21N3O2S. The fourth-order valence-electron chi connectivity index (χ4n) is 1.35. The Hall–Kier alpha value is -1.30.